The Morgan fingerprint density at radius 2 is 1.86 bits per heavy atom. The van der Waals surface area contributed by atoms with Gasteiger partial charge in [-0.25, -0.2) is 13.1 Å². The number of fused-ring (bicyclic) bond motifs is 1. The highest BCUT2D eigenvalue weighted by Crippen LogP contribution is 2.36. The van der Waals surface area contributed by atoms with E-state index in [1.54, 1.807) is 12.1 Å². The first-order valence-corrected chi connectivity index (χ1v) is 8.09. The van der Waals surface area contributed by atoms with Crippen LogP contribution in [0.2, 0.25) is 0 Å². The number of rotatable bonds is 3. The Kier molecular flexibility index (Phi) is 3.59. The predicted octanol–water partition coefficient (Wildman–Crippen LogP) is 1.67. The van der Waals surface area contributed by atoms with E-state index < -0.39 is 16.1 Å². The highest BCUT2D eigenvalue weighted by atomic mass is 32.2. The number of amides is 1. The smallest absolute Gasteiger partial charge is 0.270 e. The number of anilines is 1. The fourth-order valence-corrected chi connectivity index (χ4v) is 2.98. The summed E-state index contributed by atoms with van der Waals surface area (Å²) in [7, 11) is -2.24. The van der Waals surface area contributed by atoms with E-state index in [2.05, 4.69) is 10.0 Å². The van der Waals surface area contributed by atoms with Gasteiger partial charge in [0.1, 0.15) is 5.75 Å². The van der Waals surface area contributed by atoms with Gasteiger partial charge in [-0.3, -0.25) is 4.79 Å². The van der Waals surface area contributed by atoms with Crippen LogP contribution in [0.5, 0.6) is 5.75 Å². The zero-order chi connectivity index (χ0) is 15.7. The Labute approximate surface area is 128 Å². The Morgan fingerprint density at radius 1 is 1.14 bits per heavy atom. The molecule has 1 unspecified atom stereocenters. The second kappa shape index (κ2) is 5.43. The third-order valence-corrected chi connectivity index (χ3v) is 4.79. The molecule has 2 aromatic carbocycles. The SMILES string of the molecule is CNS(=O)(=O)c1ccc2c(c1)NC(=O)C(c1ccccc1)O2. The standard InChI is InChI=1S/C15H14N2O4S/c1-16-22(19,20)11-7-8-13-12(9-11)17-15(18)14(21-13)10-5-3-2-4-6-10/h2-9,14,16H,1H3,(H,17,18). The van der Waals surface area contributed by atoms with E-state index in [1.807, 2.05) is 18.2 Å². The molecule has 114 valence electrons. The third-order valence-electron chi connectivity index (χ3n) is 3.37. The first kappa shape index (κ1) is 14.6. The van der Waals surface area contributed by atoms with Gasteiger partial charge in [-0.05, 0) is 25.2 Å². The number of carbonyl (C=O) groups excluding carboxylic acids is 1. The average molecular weight is 318 g/mol. The van der Waals surface area contributed by atoms with Gasteiger partial charge in [0.15, 0.2) is 0 Å². The Hall–Kier alpha value is -2.38. The van der Waals surface area contributed by atoms with E-state index in [9.17, 15) is 13.2 Å². The largest absolute Gasteiger partial charge is 0.474 e. The highest BCUT2D eigenvalue weighted by molar-refractivity contribution is 7.89. The Morgan fingerprint density at radius 3 is 2.55 bits per heavy atom. The fraction of sp³-hybridized carbons (Fsp3) is 0.133. The van der Waals surface area contributed by atoms with Gasteiger partial charge in [-0.1, -0.05) is 30.3 Å². The molecule has 0 aliphatic carbocycles. The lowest BCUT2D eigenvalue weighted by Crippen LogP contribution is -2.30. The number of carbonyl (C=O) groups is 1. The molecule has 1 amide bonds. The summed E-state index contributed by atoms with van der Waals surface area (Å²) in [5.41, 5.74) is 1.08. The molecular weight excluding hydrogens is 304 g/mol. The maximum atomic E-state index is 12.2. The van der Waals surface area contributed by atoms with Crippen molar-refractivity contribution < 1.29 is 17.9 Å². The molecular formula is C15H14N2O4S. The van der Waals surface area contributed by atoms with Crippen molar-refractivity contribution >= 4 is 21.6 Å². The summed E-state index contributed by atoms with van der Waals surface area (Å²) in [4.78, 5) is 12.3. The molecule has 22 heavy (non-hydrogen) atoms. The van der Waals surface area contributed by atoms with E-state index in [0.717, 1.165) is 5.56 Å². The van der Waals surface area contributed by atoms with Gasteiger partial charge in [0.25, 0.3) is 5.91 Å². The zero-order valence-electron chi connectivity index (χ0n) is 11.7. The van der Waals surface area contributed by atoms with Gasteiger partial charge in [-0.2, -0.15) is 0 Å². The van der Waals surface area contributed by atoms with E-state index in [0.29, 0.717) is 11.4 Å². The number of nitrogens with one attached hydrogen (secondary N) is 2. The van der Waals surface area contributed by atoms with Gasteiger partial charge < -0.3 is 10.1 Å². The normalized spacial score (nSPS) is 17.3. The predicted molar refractivity (Wildman–Crippen MR) is 81.1 cm³/mol. The molecule has 1 atom stereocenters. The average Bonchev–Trinajstić information content (AvgIpc) is 2.54. The van der Waals surface area contributed by atoms with Crippen molar-refractivity contribution in [1.82, 2.24) is 4.72 Å². The van der Waals surface area contributed by atoms with Gasteiger partial charge in [0, 0.05) is 5.56 Å². The molecule has 2 aromatic rings. The summed E-state index contributed by atoms with van der Waals surface area (Å²) in [6.45, 7) is 0. The molecule has 0 aromatic heterocycles. The number of sulfonamides is 1. The molecule has 0 fully saturated rings. The van der Waals surface area contributed by atoms with Crippen LogP contribution in [0.4, 0.5) is 5.69 Å². The lowest BCUT2D eigenvalue weighted by atomic mass is 10.1. The van der Waals surface area contributed by atoms with Crippen LogP contribution in [0.15, 0.2) is 53.4 Å². The van der Waals surface area contributed by atoms with Crippen LogP contribution >= 0.6 is 0 Å². The van der Waals surface area contributed by atoms with Crippen LogP contribution in [-0.2, 0) is 14.8 Å². The Balaban J connectivity index is 1.96. The zero-order valence-corrected chi connectivity index (χ0v) is 12.6. The van der Waals surface area contributed by atoms with Crippen LogP contribution in [-0.4, -0.2) is 21.4 Å². The minimum absolute atomic E-state index is 0.0656. The lowest BCUT2D eigenvalue weighted by molar-refractivity contribution is -0.123. The van der Waals surface area contributed by atoms with Gasteiger partial charge in [0.05, 0.1) is 10.6 Å². The molecule has 1 aliphatic heterocycles. The van der Waals surface area contributed by atoms with Crippen LogP contribution in [0.25, 0.3) is 0 Å². The molecule has 0 spiro atoms. The first-order valence-electron chi connectivity index (χ1n) is 6.61. The summed E-state index contributed by atoms with van der Waals surface area (Å²) < 4.78 is 31.5. The van der Waals surface area contributed by atoms with Crippen LogP contribution in [0.3, 0.4) is 0 Å². The second-order valence-electron chi connectivity index (χ2n) is 4.76. The molecule has 7 heteroatoms. The topological polar surface area (TPSA) is 84.5 Å². The molecule has 1 aliphatic rings. The van der Waals surface area contributed by atoms with Crippen molar-refractivity contribution in [3.63, 3.8) is 0 Å². The van der Waals surface area contributed by atoms with Crippen LogP contribution in [0.1, 0.15) is 11.7 Å². The van der Waals surface area contributed by atoms with Crippen LogP contribution < -0.4 is 14.8 Å². The number of hydrogen-bond donors (Lipinski definition) is 2. The molecule has 0 radical (unpaired) electrons. The van der Waals surface area contributed by atoms with Crippen molar-refractivity contribution in [2.45, 2.75) is 11.0 Å². The van der Waals surface area contributed by atoms with Crippen molar-refractivity contribution in [2.24, 2.45) is 0 Å². The molecule has 1 heterocycles. The van der Waals surface area contributed by atoms with Gasteiger partial charge in [0.2, 0.25) is 16.1 Å². The summed E-state index contributed by atoms with van der Waals surface area (Å²) >= 11 is 0. The van der Waals surface area contributed by atoms with Crippen molar-refractivity contribution in [3.8, 4) is 5.75 Å². The van der Waals surface area contributed by atoms with Crippen LogP contribution in [0, 0.1) is 0 Å². The number of benzene rings is 2. The lowest BCUT2D eigenvalue weighted by Gasteiger charge is -2.26. The van der Waals surface area contributed by atoms with Crippen molar-refractivity contribution in [1.29, 1.82) is 0 Å². The van der Waals surface area contributed by atoms with E-state index in [4.69, 9.17) is 4.74 Å². The quantitative estimate of drug-likeness (QED) is 0.901. The Bertz CT molecular complexity index is 819. The van der Waals surface area contributed by atoms with Gasteiger partial charge in [-0.15, -0.1) is 0 Å². The maximum absolute atomic E-state index is 12.2. The van der Waals surface area contributed by atoms with E-state index in [-0.39, 0.29) is 10.8 Å². The van der Waals surface area contributed by atoms with E-state index in [1.165, 1.54) is 25.2 Å². The molecule has 0 saturated carbocycles. The van der Waals surface area contributed by atoms with Crippen molar-refractivity contribution in [2.75, 3.05) is 12.4 Å². The third kappa shape index (κ3) is 2.56. The maximum Gasteiger partial charge on any atom is 0.270 e. The number of ether oxygens (including phenoxy) is 1. The first-order chi connectivity index (χ1) is 10.5. The number of hydrogen-bond acceptors (Lipinski definition) is 4. The second-order valence-corrected chi connectivity index (χ2v) is 6.65. The highest BCUT2D eigenvalue weighted by Gasteiger charge is 2.29. The van der Waals surface area contributed by atoms with E-state index >= 15 is 0 Å². The minimum Gasteiger partial charge on any atom is -0.474 e. The summed E-state index contributed by atoms with van der Waals surface area (Å²) in [5.74, 6) is 0.0983. The van der Waals surface area contributed by atoms with Gasteiger partial charge >= 0.3 is 0 Å². The summed E-state index contributed by atoms with van der Waals surface area (Å²) in [6, 6.07) is 13.4. The summed E-state index contributed by atoms with van der Waals surface area (Å²) in [6.07, 6.45) is -0.750. The minimum atomic E-state index is -3.57. The molecule has 3 rings (SSSR count). The fourth-order valence-electron chi connectivity index (χ4n) is 2.22. The molecule has 2 N–H and O–H groups in total. The molecule has 6 nitrogen and oxygen atoms in total. The molecule has 0 saturated heterocycles. The molecule has 0 bridgehead atoms. The summed E-state index contributed by atoms with van der Waals surface area (Å²) in [5, 5.41) is 2.69. The van der Waals surface area contributed by atoms with Crippen molar-refractivity contribution in [3.05, 3.63) is 54.1 Å². The monoisotopic (exact) mass is 318 g/mol.